The molecule has 0 atom stereocenters. The van der Waals surface area contributed by atoms with E-state index in [2.05, 4.69) is 0 Å². The molecule has 0 aliphatic carbocycles. The third-order valence-electron chi connectivity index (χ3n) is 2.67. The van der Waals surface area contributed by atoms with Crippen LogP contribution in [0.5, 0.6) is 0 Å². The van der Waals surface area contributed by atoms with Crippen molar-refractivity contribution in [3.63, 3.8) is 0 Å². The highest BCUT2D eigenvalue weighted by atomic mass is 127. The van der Waals surface area contributed by atoms with Crippen molar-refractivity contribution in [3.8, 4) is 0 Å². The van der Waals surface area contributed by atoms with Crippen molar-refractivity contribution in [1.82, 2.24) is 0 Å². The molecule has 0 aliphatic rings. The molecule has 0 spiro atoms. The summed E-state index contributed by atoms with van der Waals surface area (Å²) in [6, 6.07) is 15.7. The van der Waals surface area contributed by atoms with Gasteiger partial charge < -0.3 is 4.18 Å². The van der Waals surface area contributed by atoms with Gasteiger partial charge in [-0.3, -0.25) is 0 Å². The average Bonchev–Trinajstić information content (AvgIpc) is 2.46. The predicted octanol–water partition coefficient (Wildman–Crippen LogP) is 4.13. The van der Waals surface area contributed by atoms with E-state index in [9.17, 15) is 8.42 Å². The second-order valence-electron chi connectivity index (χ2n) is 4.19. The first kappa shape index (κ1) is 15.1. The SMILES string of the molecule is Cc1ccc(S(=O)(=O)O/C(=C/I)c2ccccc2)cc1. The standard InChI is InChI=1S/C15H13IO3S/c1-12-7-9-14(10-8-12)20(17,18)19-15(11-16)13-5-3-2-4-6-13/h2-11H,1H3/b15-11+. The van der Waals surface area contributed by atoms with Crippen molar-refractivity contribution >= 4 is 38.5 Å². The zero-order valence-electron chi connectivity index (χ0n) is 10.8. The van der Waals surface area contributed by atoms with Gasteiger partial charge in [0.1, 0.15) is 4.90 Å². The van der Waals surface area contributed by atoms with Crippen molar-refractivity contribution in [3.05, 3.63) is 69.8 Å². The molecular formula is C15H13IO3S. The number of hydrogen-bond acceptors (Lipinski definition) is 3. The van der Waals surface area contributed by atoms with Crippen LogP contribution in [0.3, 0.4) is 0 Å². The minimum absolute atomic E-state index is 0.148. The lowest BCUT2D eigenvalue weighted by Crippen LogP contribution is -2.05. The molecule has 0 aromatic heterocycles. The quantitative estimate of drug-likeness (QED) is 0.440. The zero-order chi connectivity index (χ0) is 14.6. The lowest BCUT2D eigenvalue weighted by Gasteiger charge is -2.10. The molecule has 20 heavy (non-hydrogen) atoms. The largest absolute Gasteiger partial charge is 0.378 e. The number of benzene rings is 2. The molecule has 2 rings (SSSR count). The van der Waals surface area contributed by atoms with E-state index in [1.165, 1.54) is 0 Å². The minimum atomic E-state index is -3.81. The van der Waals surface area contributed by atoms with Crippen molar-refractivity contribution < 1.29 is 12.6 Å². The molecule has 0 heterocycles. The first-order chi connectivity index (χ1) is 9.53. The molecule has 3 nitrogen and oxygen atoms in total. The highest BCUT2D eigenvalue weighted by Gasteiger charge is 2.18. The maximum atomic E-state index is 12.2. The first-order valence-electron chi connectivity index (χ1n) is 5.90. The van der Waals surface area contributed by atoms with Crippen LogP contribution in [0.15, 0.2) is 63.6 Å². The molecule has 2 aromatic carbocycles. The third-order valence-corrected chi connectivity index (χ3v) is 4.48. The van der Waals surface area contributed by atoms with Gasteiger partial charge in [0.25, 0.3) is 0 Å². The molecule has 2 aromatic rings. The van der Waals surface area contributed by atoms with Crippen LogP contribution < -0.4 is 0 Å². The highest BCUT2D eigenvalue weighted by Crippen LogP contribution is 2.24. The van der Waals surface area contributed by atoms with E-state index in [1.54, 1.807) is 40.5 Å². The van der Waals surface area contributed by atoms with E-state index in [0.717, 1.165) is 11.1 Å². The molecule has 0 N–H and O–H groups in total. The van der Waals surface area contributed by atoms with Crippen LogP contribution in [0.25, 0.3) is 5.76 Å². The second kappa shape index (κ2) is 6.41. The van der Waals surface area contributed by atoms with Crippen molar-refractivity contribution in [2.24, 2.45) is 0 Å². The first-order valence-corrected chi connectivity index (χ1v) is 8.55. The van der Waals surface area contributed by atoms with Gasteiger partial charge in [0.05, 0.1) is 0 Å². The van der Waals surface area contributed by atoms with Crippen LogP contribution in [-0.2, 0) is 14.3 Å². The van der Waals surface area contributed by atoms with Gasteiger partial charge in [0.2, 0.25) is 0 Å². The molecule has 0 bridgehead atoms. The summed E-state index contributed by atoms with van der Waals surface area (Å²) in [6.07, 6.45) is 0. The van der Waals surface area contributed by atoms with Gasteiger partial charge in [0.15, 0.2) is 5.76 Å². The smallest absolute Gasteiger partial charge is 0.339 e. The Balaban J connectivity index is 2.30. The predicted molar refractivity (Wildman–Crippen MR) is 87.9 cm³/mol. The van der Waals surface area contributed by atoms with Crippen LogP contribution in [-0.4, -0.2) is 8.42 Å². The van der Waals surface area contributed by atoms with Gasteiger partial charge in [0, 0.05) is 9.65 Å². The lowest BCUT2D eigenvalue weighted by atomic mass is 10.2. The van der Waals surface area contributed by atoms with Crippen molar-refractivity contribution in [2.75, 3.05) is 0 Å². The van der Waals surface area contributed by atoms with Crippen molar-refractivity contribution in [1.29, 1.82) is 0 Å². The average molecular weight is 400 g/mol. The molecule has 104 valence electrons. The van der Waals surface area contributed by atoms with Crippen LogP contribution in [0, 0.1) is 6.92 Å². The summed E-state index contributed by atoms with van der Waals surface area (Å²) in [6.45, 7) is 1.90. The van der Waals surface area contributed by atoms with Crippen LogP contribution in [0.4, 0.5) is 0 Å². The third kappa shape index (κ3) is 3.61. The number of hydrogen-bond donors (Lipinski definition) is 0. The Kier molecular flexibility index (Phi) is 4.82. The van der Waals surface area contributed by atoms with E-state index in [-0.39, 0.29) is 4.90 Å². The van der Waals surface area contributed by atoms with Gasteiger partial charge in [-0.1, -0.05) is 48.0 Å². The van der Waals surface area contributed by atoms with E-state index >= 15 is 0 Å². The monoisotopic (exact) mass is 400 g/mol. The fourth-order valence-corrected chi connectivity index (χ4v) is 3.21. The summed E-state index contributed by atoms with van der Waals surface area (Å²) in [7, 11) is -3.81. The Labute approximate surface area is 132 Å². The molecule has 5 heteroatoms. The molecule has 0 unspecified atom stereocenters. The molecule has 0 saturated heterocycles. The Morgan fingerprint density at radius 2 is 1.65 bits per heavy atom. The molecule has 0 saturated carbocycles. The molecule has 0 aliphatic heterocycles. The van der Waals surface area contributed by atoms with E-state index < -0.39 is 10.1 Å². The summed E-state index contributed by atoms with van der Waals surface area (Å²) in [4.78, 5) is 0.148. The summed E-state index contributed by atoms with van der Waals surface area (Å²) in [5, 5.41) is 0. The minimum Gasteiger partial charge on any atom is -0.378 e. The zero-order valence-corrected chi connectivity index (χ0v) is 13.8. The number of rotatable bonds is 4. The molecule has 0 fully saturated rings. The van der Waals surface area contributed by atoms with Gasteiger partial charge in [-0.15, -0.1) is 0 Å². The van der Waals surface area contributed by atoms with Crippen molar-refractivity contribution in [2.45, 2.75) is 11.8 Å². The topological polar surface area (TPSA) is 43.4 Å². The molecule has 0 radical (unpaired) electrons. The number of aryl methyl sites for hydroxylation is 1. The highest BCUT2D eigenvalue weighted by molar-refractivity contribution is 14.1. The Bertz CT molecular complexity index is 705. The Hall–Kier alpha value is -1.34. The maximum Gasteiger partial charge on any atom is 0.339 e. The molecular weight excluding hydrogens is 387 g/mol. The Morgan fingerprint density at radius 1 is 1.05 bits per heavy atom. The van der Waals surface area contributed by atoms with Crippen LogP contribution in [0.2, 0.25) is 0 Å². The lowest BCUT2D eigenvalue weighted by molar-refractivity contribution is 0.464. The van der Waals surface area contributed by atoms with Gasteiger partial charge in [-0.05, 0) is 41.6 Å². The summed E-state index contributed by atoms with van der Waals surface area (Å²) >= 11 is 1.97. The van der Waals surface area contributed by atoms with E-state index in [0.29, 0.717) is 5.76 Å². The normalized spacial score (nSPS) is 12.2. The number of halogens is 1. The maximum absolute atomic E-state index is 12.2. The van der Waals surface area contributed by atoms with Crippen LogP contribution >= 0.6 is 22.6 Å². The van der Waals surface area contributed by atoms with Crippen LogP contribution in [0.1, 0.15) is 11.1 Å². The summed E-state index contributed by atoms with van der Waals surface area (Å²) in [5.41, 5.74) is 1.72. The van der Waals surface area contributed by atoms with Gasteiger partial charge in [-0.25, -0.2) is 0 Å². The summed E-state index contributed by atoms with van der Waals surface area (Å²) in [5.74, 6) is 0.312. The fourth-order valence-electron chi connectivity index (χ4n) is 1.60. The Morgan fingerprint density at radius 3 is 2.20 bits per heavy atom. The van der Waals surface area contributed by atoms with E-state index in [4.69, 9.17) is 4.18 Å². The van der Waals surface area contributed by atoms with Gasteiger partial charge in [-0.2, -0.15) is 8.42 Å². The second-order valence-corrected chi connectivity index (χ2v) is 6.36. The summed E-state index contributed by atoms with van der Waals surface area (Å²) < 4.78 is 31.3. The van der Waals surface area contributed by atoms with Gasteiger partial charge >= 0.3 is 10.1 Å². The van der Waals surface area contributed by atoms with E-state index in [1.807, 2.05) is 47.7 Å². The molecule has 0 amide bonds. The fraction of sp³-hybridized carbons (Fsp3) is 0.0667.